The predicted octanol–water partition coefficient (Wildman–Crippen LogP) is 2.99. The summed E-state index contributed by atoms with van der Waals surface area (Å²) in [6.45, 7) is 2.88. The highest BCUT2D eigenvalue weighted by Gasteiger charge is 2.48. The summed E-state index contributed by atoms with van der Waals surface area (Å²) in [6.07, 6.45) is 0.769. The third-order valence-electron chi connectivity index (χ3n) is 7.02. The van der Waals surface area contributed by atoms with Gasteiger partial charge in [0, 0.05) is 5.56 Å². The van der Waals surface area contributed by atoms with Crippen LogP contribution < -0.4 is 4.74 Å². The molecular formula is C24H27ClN4O4. The van der Waals surface area contributed by atoms with E-state index in [4.69, 9.17) is 30.8 Å². The molecule has 0 spiro atoms. The number of halogens is 1. The summed E-state index contributed by atoms with van der Waals surface area (Å²) in [5, 5.41) is 10.5. The monoisotopic (exact) mass is 470 g/mol. The number of likely N-dealkylation sites (tertiary alicyclic amines) is 1. The standard InChI is InChI=1S/C24H27ClN4O4/c1-29-8-6-14(7-9-29)13-2-4-15(5-3-13)20-16(25)10-17-23(27-20)28-24(26-17)33-19-12-32-21-18(30)11-31-22(19)21/h2-5,10,14,18-19,21-22,30H,6-9,11-12H2,1H3,(H,26,27,28)/t18-,19-,21-,22-/m1/s1. The number of nitrogens with zero attached hydrogens (tertiary/aromatic N) is 3. The van der Waals surface area contributed by atoms with Crippen molar-refractivity contribution in [1.82, 2.24) is 19.9 Å². The highest BCUT2D eigenvalue weighted by Crippen LogP contribution is 2.34. The van der Waals surface area contributed by atoms with E-state index in [9.17, 15) is 5.11 Å². The van der Waals surface area contributed by atoms with Crippen molar-refractivity contribution in [1.29, 1.82) is 0 Å². The van der Waals surface area contributed by atoms with Gasteiger partial charge in [-0.25, -0.2) is 4.98 Å². The van der Waals surface area contributed by atoms with Gasteiger partial charge in [0.05, 0.1) is 29.4 Å². The van der Waals surface area contributed by atoms with Gasteiger partial charge in [0.25, 0.3) is 6.01 Å². The number of rotatable bonds is 4. The lowest BCUT2D eigenvalue weighted by Gasteiger charge is -2.29. The Morgan fingerprint density at radius 3 is 2.64 bits per heavy atom. The molecule has 3 aromatic rings. The van der Waals surface area contributed by atoms with Crippen LogP contribution in [0.25, 0.3) is 22.4 Å². The van der Waals surface area contributed by atoms with Crippen LogP contribution in [-0.4, -0.2) is 82.7 Å². The lowest BCUT2D eigenvalue weighted by atomic mass is 9.89. The molecule has 1 aromatic carbocycles. The summed E-state index contributed by atoms with van der Waals surface area (Å²) in [5.41, 5.74) is 4.26. The minimum absolute atomic E-state index is 0.256. The van der Waals surface area contributed by atoms with Gasteiger partial charge in [-0.2, -0.15) is 4.98 Å². The van der Waals surface area contributed by atoms with Gasteiger partial charge in [-0.3, -0.25) is 0 Å². The quantitative estimate of drug-likeness (QED) is 0.605. The number of aliphatic hydroxyl groups is 1. The number of ether oxygens (including phenoxy) is 3. The number of piperidine rings is 1. The first-order chi connectivity index (χ1) is 16.0. The van der Waals surface area contributed by atoms with E-state index in [-0.39, 0.29) is 24.9 Å². The largest absolute Gasteiger partial charge is 0.456 e. The molecule has 174 valence electrons. The Bertz CT molecular complexity index is 1150. The molecule has 3 fully saturated rings. The number of aromatic amines is 1. The number of imidazole rings is 1. The fourth-order valence-corrected chi connectivity index (χ4v) is 5.36. The van der Waals surface area contributed by atoms with E-state index in [1.165, 1.54) is 18.4 Å². The lowest BCUT2D eigenvalue weighted by Crippen LogP contribution is -2.34. The Morgan fingerprint density at radius 1 is 1.09 bits per heavy atom. The molecule has 0 bridgehead atoms. The topological polar surface area (TPSA) is 92.7 Å². The Morgan fingerprint density at radius 2 is 1.85 bits per heavy atom. The second kappa shape index (κ2) is 8.52. The number of hydrogen-bond acceptors (Lipinski definition) is 7. The molecule has 0 saturated carbocycles. The molecule has 0 radical (unpaired) electrons. The normalized spacial score (nSPS) is 28.5. The van der Waals surface area contributed by atoms with Crippen LogP contribution in [-0.2, 0) is 9.47 Å². The van der Waals surface area contributed by atoms with Gasteiger partial charge < -0.3 is 29.2 Å². The van der Waals surface area contributed by atoms with Gasteiger partial charge in [0.2, 0.25) is 0 Å². The zero-order chi connectivity index (χ0) is 22.5. The maximum Gasteiger partial charge on any atom is 0.296 e. The molecule has 0 unspecified atom stereocenters. The van der Waals surface area contributed by atoms with E-state index in [1.807, 2.05) is 6.07 Å². The number of aromatic nitrogens is 3. The molecule has 0 amide bonds. The second-order valence-corrected chi connectivity index (χ2v) is 9.66. The Balaban J connectivity index is 1.21. The van der Waals surface area contributed by atoms with Crippen molar-refractivity contribution < 1.29 is 19.3 Å². The van der Waals surface area contributed by atoms with Crippen LogP contribution in [0, 0.1) is 0 Å². The van der Waals surface area contributed by atoms with Crippen molar-refractivity contribution in [3.8, 4) is 17.3 Å². The van der Waals surface area contributed by atoms with Crippen molar-refractivity contribution in [2.45, 2.75) is 43.2 Å². The minimum Gasteiger partial charge on any atom is -0.456 e. The maximum atomic E-state index is 9.91. The molecule has 2 aromatic heterocycles. The Labute approximate surface area is 196 Å². The zero-order valence-electron chi connectivity index (χ0n) is 18.4. The van der Waals surface area contributed by atoms with Crippen LogP contribution in [0.2, 0.25) is 5.02 Å². The maximum absolute atomic E-state index is 9.91. The third kappa shape index (κ3) is 4.00. The highest BCUT2D eigenvalue weighted by molar-refractivity contribution is 6.33. The van der Waals surface area contributed by atoms with Crippen LogP contribution in [0.3, 0.4) is 0 Å². The van der Waals surface area contributed by atoms with E-state index >= 15 is 0 Å². The number of benzene rings is 1. The van der Waals surface area contributed by atoms with E-state index in [0.717, 1.165) is 18.7 Å². The fraction of sp³-hybridized carbons (Fsp3) is 0.500. The second-order valence-electron chi connectivity index (χ2n) is 9.25. The van der Waals surface area contributed by atoms with Crippen molar-refractivity contribution in [2.75, 3.05) is 33.4 Å². The molecule has 3 aliphatic rings. The molecule has 8 nitrogen and oxygen atoms in total. The van der Waals surface area contributed by atoms with Gasteiger partial charge in [-0.05, 0) is 50.5 Å². The first kappa shape index (κ1) is 21.3. The van der Waals surface area contributed by atoms with Crippen LogP contribution >= 0.6 is 11.6 Å². The molecule has 6 rings (SSSR count). The van der Waals surface area contributed by atoms with Crippen LogP contribution in [0.5, 0.6) is 6.01 Å². The van der Waals surface area contributed by atoms with Crippen LogP contribution in [0.1, 0.15) is 24.3 Å². The molecule has 2 N–H and O–H groups in total. The molecule has 3 saturated heterocycles. The highest BCUT2D eigenvalue weighted by atomic mass is 35.5. The first-order valence-electron chi connectivity index (χ1n) is 11.5. The van der Waals surface area contributed by atoms with Gasteiger partial charge in [-0.15, -0.1) is 0 Å². The van der Waals surface area contributed by atoms with Crippen molar-refractivity contribution in [2.24, 2.45) is 0 Å². The minimum atomic E-state index is -0.617. The average molecular weight is 471 g/mol. The Kier molecular flexibility index (Phi) is 5.50. The van der Waals surface area contributed by atoms with Crippen molar-refractivity contribution >= 4 is 22.8 Å². The number of H-pyrrole nitrogens is 1. The van der Waals surface area contributed by atoms with E-state index < -0.39 is 6.10 Å². The average Bonchev–Trinajstić information content (AvgIpc) is 3.51. The number of hydrogen-bond donors (Lipinski definition) is 2. The van der Waals surface area contributed by atoms with Crippen molar-refractivity contribution in [3.63, 3.8) is 0 Å². The molecule has 9 heteroatoms. The first-order valence-corrected chi connectivity index (χ1v) is 11.9. The fourth-order valence-electron chi connectivity index (χ4n) is 5.10. The molecule has 33 heavy (non-hydrogen) atoms. The summed E-state index contributed by atoms with van der Waals surface area (Å²) >= 11 is 6.59. The van der Waals surface area contributed by atoms with Gasteiger partial charge in [0.1, 0.15) is 18.3 Å². The lowest BCUT2D eigenvalue weighted by molar-refractivity contribution is 0.00706. The van der Waals surface area contributed by atoms with E-state index in [1.54, 1.807) is 0 Å². The molecular weight excluding hydrogens is 444 g/mol. The van der Waals surface area contributed by atoms with E-state index in [0.29, 0.717) is 40.4 Å². The van der Waals surface area contributed by atoms with Crippen molar-refractivity contribution in [3.05, 3.63) is 40.9 Å². The number of nitrogens with one attached hydrogen (secondary N) is 1. The third-order valence-corrected chi connectivity index (χ3v) is 7.31. The molecule has 3 aliphatic heterocycles. The predicted molar refractivity (Wildman–Crippen MR) is 124 cm³/mol. The number of pyridine rings is 1. The summed E-state index contributed by atoms with van der Waals surface area (Å²) in [5.74, 6) is 0.608. The number of aliphatic hydroxyl groups excluding tert-OH is 1. The molecule has 4 atom stereocenters. The summed E-state index contributed by atoms with van der Waals surface area (Å²) in [7, 11) is 2.18. The Hall–Kier alpha value is -2.23. The van der Waals surface area contributed by atoms with Gasteiger partial charge in [-0.1, -0.05) is 35.9 Å². The summed E-state index contributed by atoms with van der Waals surface area (Å²) < 4.78 is 17.2. The summed E-state index contributed by atoms with van der Waals surface area (Å²) in [6, 6.07) is 10.7. The van der Waals surface area contributed by atoms with E-state index in [2.05, 4.69) is 46.2 Å². The van der Waals surface area contributed by atoms with Crippen LogP contribution in [0.15, 0.2) is 30.3 Å². The SMILES string of the molecule is CN1CCC(c2ccc(-c3nc4nc(O[C@@H]5CO[C@H]6[C@@H]5OC[C@H]6O)[nH]c4cc3Cl)cc2)CC1. The van der Waals surface area contributed by atoms with Gasteiger partial charge >= 0.3 is 0 Å². The zero-order valence-corrected chi connectivity index (χ0v) is 19.2. The summed E-state index contributed by atoms with van der Waals surface area (Å²) in [4.78, 5) is 14.7. The van der Waals surface area contributed by atoms with Gasteiger partial charge in [0.15, 0.2) is 11.8 Å². The number of fused-ring (bicyclic) bond motifs is 2. The molecule has 0 aliphatic carbocycles. The van der Waals surface area contributed by atoms with Crippen LogP contribution in [0.4, 0.5) is 0 Å². The molecule has 5 heterocycles. The smallest absolute Gasteiger partial charge is 0.296 e.